The molecule has 1 aliphatic rings. The van der Waals surface area contributed by atoms with Crippen LogP contribution in [0.5, 0.6) is 0 Å². The van der Waals surface area contributed by atoms with Gasteiger partial charge in [0.2, 0.25) is 0 Å². The molecule has 0 aliphatic heterocycles. The van der Waals surface area contributed by atoms with Crippen molar-refractivity contribution in [1.82, 2.24) is 19.8 Å². The molecule has 90 valence electrons. The molecule has 1 aromatic rings. The number of imidazole rings is 1. The molecule has 0 saturated heterocycles. The van der Waals surface area contributed by atoms with Crippen molar-refractivity contribution in [1.29, 1.82) is 0 Å². The van der Waals surface area contributed by atoms with Crippen LogP contribution >= 0.6 is 0 Å². The Morgan fingerprint density at radius 3 is 3.06 bits per heavy atom. The molecule has 4 heteroatoms. The smallest absolute Gasteiger partial charge is 0.122 e. The normalized spacial score (nSPS) is 15.9. The van der Waals surface area contributed by atoms with Crippen molar-refractivity contribution in [2.24, 2.45) is 0 Å². The van der Waals surface area contributed by atoms with E-state index in [2.05, 4.69) is 33.7 Å². The van der Waals surface area contributed by atoms with Gasteiger partial charge in [0, 0.05) is 38.1 Å². The quantitative estimate of drug-likeness (QED) is 0.701. The molecule has 1 heterocycles. The SMILES string of the molecule is CCn1ccnc1CNCCN(C)C1CC1. The summed E-state index contributed by atoms with van der Waals surface area (Å²) in [5.74, 6) is 1.14. The summed E-state index contributed by atoms with van der Waals surface area (Å²) in [6.07, 6.45) is 6.68. The lowest BCUT2D eigenvalue weighted by Gasteiger charge is -2.15. The summed E-state index contributed by atoms with van der Waals surface area (Å²) in [4.78, 5) is 6.78. The van der Waals surface area contributed by atoms with Gasteiger partial charge < -0.3 is 14.8 Å². The molecular weight excluding hydrogens is 200 g/mol. The van der Waals surface area contributed by atoms with Gasteiger partial charge in [-0.1, -0.05) is 0 Å². The predicted molar refractivity (Wildman–Crippen MR) is 65.3 cm³/mol. The zero-order chi connectivity index (χ0) is 11.4. The second kappa shape index (κ2) is 5.46. The molecule has 0 aromatic carbocycles. The van der Waals surface area contributed by atoms with E-state index in [9.17, 15) is 0 Å². The van der Waals surface area contributed by atoms with Gasteiger partial charge in [0.25, 0.3) is 0 Å². The summed E-state index contributed by atoms with van der Waals surface area (Å²) in [7, 11) is 2.21. The summed E-state index contributed by atoms with van der Waals surface area (Å²) in [5.41, 5.74) is 0. The summed E-state index contributed by atoms with van der Waals surface area (Å²) in [6.45, 7) is 6.20. The molecule has 0 atom stereocenters. The van der Waals surface area contributed by atoms with Gasteiger partial charge in [-0.05, 0) is 26.8 Å². The molecule has 1 aromatic heterocycles. The standard InChI is InChI=1S/C12H22N4/c1-3-16-9-7-14-12(16)10-13-6-8-15(2)11-4-5-11/h7,9,11,13H,3-6,8,10H2,1-2H3. The van der Waals surface area contributed by atoms with E-state index in [1.165, 1.54) is 12.8 Å². The minimum atomic E-state index is 0.861. The number of hydrogen-bond acceptors (Lipinski definition) is 3. The average molecular weight is 222 g/mol. The Hall–Kier alpha value is -0.870. The Morgan fingerprint density at radius 1 is 1.56 bits per heavy atom. The molecule has 0 spiro atoms. The lowest BCUT2D eigenvalue weighted by atomic mass is 10.4. The van der Waals surface area contributed by atoms with Gasteiger partial charge in [-0.3, -0.25) is 0 Å². The second-order valence-corrected chi connectivity index (χ2v) is 4.52. The van der Waals surface area contributed by atoms with E-state index >= 15 is 0 Å². The van der Waals surface area contributed by atoms with Crippen molar-refractivity contribution in [3.8, 4) is 0 Å². The van der Waals surface area contributed by atoms with Crippen LogP contribution in [0.25, 0.3) is 0 Å². The first-order valence-electron chi connectivity index (χ1n) is 6.22. The van der Waals surface area contributed by atoms with E-state index in [-0.39, 0.29) is 0 Å². The van der Waals surface area contributed by atoms with Gasteiger partial charge >= 0.3 is 0 Å². The molecule has 1 N–H and O–H groups in total. The fourth-order valence-corrected chi connectivity index (χ4v) is 1.95. The maximum absolute atomic E-state index is 4.34. The van der Waals surface area contributed by atoms with Crippen LogP contribution in [0.3, 0.4) is 0 Å². The molecule has 0 bridgehead atoms. The molecule has 0 unspecified atom stereocenters. The molecule has 16 heavy (non-hydrogen) atoms. The Balaban J connectivity index is 1.63. The second-order valence-electron chi connectivity index (χ2n) is 4.52. The van der Waals surface area contributed by atoms with Gasteiger partial charge in [-0.2, -0.15) is 0 Å². The van der Waals surface area contributed by atoms with Gasteiger partial charge in [0.05, 0.1) is 6.54 Å². The zero-order valence-electron chi connectivity index (χ0n) is 10.3. The van der Waals surface area contributed by atoms with E-state index < -0.39 is 0 Å². The average Bonchev–Trinajstić information content (AvgIpc) is 3.04. The monoisotopic (exact) mass is 222 g/mol. The third-order valence-electron chi connectivity index (χ3n) is 3.24. The number of aromatic nitrogens is 2. The molecular formula is C12H22N4. The van der Waals surface area contributed by atoms with Crippen molar-refractivity contribution in [3.05, 3.63) is 18.2 Å². The maximum Gasteiger partial charge on any atom is 0.122 e. The molecule has 1 fully saturated rings. The zero-order valence-corrected chi connectivity index (χ0v) is 10.3. The number of likely N-dealkylation sites (N-methyl/N-ethyl adjacent to an activating group) is 1. The van der Waals surface area contributed by atoms with Crippen LogP contribution < -0.4 is 5.32 Å². The first kappa shape index (κ1) is 11.6. The first-order valence-corrected chi connectivity index (χ1v) is 6.22. The first-order chi connectivity index (χ1) is 7.81. The fourth-order valence-electron chi connectivity index (χ4n) is 1.95. The van der Waals surface area contributed by atoms with E-state index in [0.29, 0.717) is 0 Å². The van der Waals surface area contributed by atoms with Crippen LogP contribution in [0.2, 0.25) is 0 Å². The lowest BCUT2D eigenvalue weighted by Crippen LogP contribution is -2.31. The summed E-state index contributed by atoms with van der Waals surface area (Å²) in [5, 5.41) is 3.45. The Morgan fingerprint density at radius 2 is 2.38 bits per heavy atom. The highest BCUT2D eigenvalue weighted by molar-refractivity contribution is 4.91. The molecule has 4 nitrogen and oxygen atoms in total. The van der Waals surface area contributed by atoms with Crippen molar-refractivity contribution in [2.45, 2.75) is 38.9 Å². The minimum absolute atomic E-state index is 0.861. The minimum Gasteiger partial charge on any atom is -0.334 e. The Kier molecular flexibility index (Phi) is 3.96. The Labute approximate surface area is 97.7 Å². The van der Waals surface area contributed by atoms with Crippen LogP contribution in [0.4, 0.5) is 0 Å². The van der Waals surface area contributed by atoms with Crippen molar-refractivity contribution < 1.29 is 0 Å². The predicted octanol–water partition coefficient (Wildman–Crippen LogP) is 1.09. The number of hydrogen-bond donors (Lipinski definition) is 1. The van der Waals surface area contributed by atoms with E-state index in [0.717, 1.165) is 38.0 Å². The third kappa shape index (κ3) is 3.06. The topological polar surface area (TPSA) is 33.1 Å². The Bertz CT molecular complexity index is 317. The maximum atomic E-state index is 4.34. The summed E-state index contributed by atoms with van der Waals surface area (Å²) in [6, 6.07) is 0.861. The number of aryl methyl sites for hydroxylation is 1. The van der Waals surface area contributed by atoms with Crippen molar-refractivity contribution in [3.63, 3.8) is 0 Å². The van der Waals surface area contributed by atoms with Crippen LogP contribution in [-0.2, 0) is 13.1 Å². The third-order valence-corrected chi connectivity index (χ3v) is 3.24. The van der Waals surface area contributed by atoms with Crippen molar-refractivity contribution >= 4 is 0 Å². The number of nitrogens with zero attached hydrogens (tertiary/aromatic N) is 3. The van der Waals surface area contributed by atoms with Gasteiger partial charge in [0.15, 0.2) is 0 Å². The molecule has 0 radical (unpaired) electrons. The molecule has 1 saturated carbocycles. The van der Waals surface area contributed by atoms with Crippen LogP contribution in [0, 0.1) is 0 Å². The number of rotatable bonds is 7. The highest BCUT2D eigenvalue weighted by Crippen LogP contribution is 2.24. The van der Waals surface area contributed by atoms with Crippen LogP contribution in [0.15, 0.2) is 12.4 Å². The van der Waals surface area contributed by atoms with Crippen LogP contribution in [0.1, 0.15) is 25.6 Å². The largest absolute Gasteiger partial charge is 0.334 e. The van der Waals surface area contributed by atoms with E-state index in [1.54, 1.807) is 0 Å². The van der Waals surface area contributed by atoms with E-state index in [4.69, 9.17) is 0 Å². The fraction of sp³-hybridized carbons (Fsp3) is 0.750. The van der Waals surface area contributed by atoms with Crippen molar-refractivity contribution in [2.75, 3.05) is 20.1 Å². The molecule has 0 amide bonds. The highest BCUT2D eigenvalue weighted by Gasteiger charge is 2.25. The van der Waals surface area contributed by atoms with Gasteiger partial charge in [-0.25, -0.2) is 4.98 Å². The lowest BCUT2D eigenvalue weighted by molar-refractivity contribution is 0.321. The van der Waals surface area contributed by atoms with E-state index in [1.807, 2.05) is 12.4 Å². The highest BCUT2D eigenvalue weighted by atomic mass is 15.2. The molecule has 2 rings (SSSR count). The number of nitrogens with one attached hydrogen (secondary N) is 1. The summed E-state index contributed by atoms with van der Waals surface area (Å²) < 4.78 is 2.18. The summed E-state index contributed by atoms with van der Waals surface area (Å²) >= 11 is 0. The molecule has 1 aliphatic carbocycles. The van der Waals surface area contributed by atoms with Gasteiger partial charge in [0.1, 0.15) is 5.82 Å². The van der Waals surface area contributed by atoms with Gasteiger partial charge in [-0.15, -0.1) is 0 Å². The van der Waals surface area contributed by atoms with Crippen LogP contribution in [-0.4, -0.2) is 40.6 Å².